The summed E-state index contributed by atoms with van der Waals surface area (Å²) in [7, 11) is 0. The molecule has 0 aromatic heterocycles. The number of carbonyl (C=O) groups is 1. The molecule has 0 radical (unpaired) electrons. The van der Waals surface area contributed by atoms with E-state index in [0.717, 1.165) is 25.9 Å². The Kier molecular flexibility index (Phi) is 2.05. The number of carbonyl (C=O) groups excluding carboxylic acids is 1. The van der Waals surface area contributed by atoms with Crippen LogP contribution in [0.4, 0.5) is 0 Å². The zero-order valence-electron chi connectivity index (χ0n) is 7.45. The molecule has 1 saturated carbocycles. The molecule has 0 aromatic rings. The largest absolute Gasteiger partial charge is 0.375 e. The summed E-state index contributed by atoms with van der Waals surface area (Å²) in [6.45, 7) is 4.31. The van der Waals surface area contributed by atoms with Crippen LogP contribution in [-0.4, -0.2) is 36.6 Å². The Bertz CT molecular complexity index is 189. The second-order valence-corrected chi connectivity index (χ2v) is 3.74. The molecule has 0 N–H and O–H groups in total. The fraction of sp³-hybridized carbons (Fsp3) is 0.889. The quantitative estimate of drug-likeness (QED) is 0.576. The van der Waals surface area contributed by atoms with Crippen LogP contribution in [0.25, 0.3) is 0 Å². The Balaban J connectivity index is 1.89. The van der Waals surface area contributed by atoms with E-state index in [1.54, 1.807) is 0 Å². The van der Waals surface area contributed by atoms with Gasteiger partial charge in [-0.1, -0.05) is 0 Å². The van der Waals surface area contributed by atoms with Crippen LogP contribution in [0.15, 0.2) is 0 Å². The number of hydrogen-bond acceptors (Lipinski definition) is 2. The van der Waals surface area contributed by atoms with Crippen molar-refractivity contribution in [1.29, 1.82) is 0 Å². The summed E-state index contributed by atoms with van der Waals surface area (Å²) in [4.78, 5) is 13.5. The number of ether oxygens (including phenoxy) is 1. The topological polar surface area (TPSA) is 29.5 Å². The van der Waals surface area contributed by atoms with Gasteiger partial charge in [0.2, 0.25) is 5.91 Å². The average Bonchev–Trinajstić information content (AvgIpc) is 2.85. The molecule has 3 heteroatoms. The summed E-state index contributed by atoms with van der Waals surface area (Å²) in [6.07, 6.45) is 2.43. The summed E-state index contributed by atoms with van der Waals surface area (Å²) >= 11 is 0. The van der Waals surface area contributed by atoms with Gasteiger partial charge in [-0.25, -0.2) is 0 Å². The van der Waals surface area contributed by atoms with Crippen LogP contribution in [0, 0.1) is 5.92 Å². The monoisotopic (exact) mass is 169 g/mol. The first kappa shape index (κ1) is 8.05. The van der Waals surface area contributed by atoms with Gasteiger partial charge >= 0.3 is 0 Å². The zero-order valence-corrected chi connectivity index (χ0v) is 7.45. The molecule has 68 valence electrons. The molecule has 0 unspecified atom stereocenters. The number of nitrogens with zero attached hydrogens (tertiary/aromatic N) is 1. The molecule has 1 heterocycles. The number of amides is 1. The highest BCUT2D eigenvalue weighted by Crippen LogP contribution is 2.31. The lowest BCUT2D eigenvalue weighted by Gasteiger charge is -2.31. The van der Waals surface area contributed by atoms with Crippen LogP contribution in [0.1, 0.15) is 19.8 Å². The molecule has 0 spiro atoms. The van der Waals surface area contributed by atoms with Crippen molar-refractivity contribution in [3.05, 3.63) is 0 Å². The molecule has 2 aliphatic rings. The number of morpholine rings is 1. The molecule has 1 aliphatic carbocycles. The number of rotatable bonds is 1. The van der Waals surface area contributed by atoms with Gasteiger partial charge in [0, 0.05) is 19.0 Å². The first-order valence-corrected chi connectivity index (χ1v) is 4.68. The van der Waals surface area contributed by atoms with Crippen molar-refractivity contribution in [2.24, 2.45) is 5.92 Å². The summed E-state index contributed by atoms with van der Waals surface area (Å²) in [5, 5.41) is 0. The van der Waals surface area contributed by atoms with Gasteiger partial charge in [0.25, 0.3) is 0 Å². The molecule has 1 amide bonds. The molecule has 2 fully saturated rings. The maximum Gasteiger partial charge on any atom is 0.225 e. The average molecular weight is 169 g/mol. The van der Waals surface area contributed by atoms with E-state index in [4.69, 9.17) is 4.74 Å². The first-order valence-electron chi connectivity index (χ1n) is 4.68. The highest BCUT2D eigenvalue weighted by atomic mass is 16.5. The van der Waals surface area contributed by atoms with E-state index in [1.165, 1.54) is 0 Å². The van der Waals surface area contributed by atoms with Crippen molar-refractivity contribution in [1.82, 2.24) is 4.90 Å². The Labute approximate surface area is 72.7 Å². The second kappa shape index (κ2) is 3.05. The van der Waals surface area contributed by atoms with Crippen LogP contribution in [0.2, 0.25) is 0 Å². The van der Waals surface area contributed by atoms with E-state index in [0.29, 0.717) is 18.4 Å². The molecular weight excluding hydrogens is 154 g/mol. The predicted molar refractivity (Wildman–Crippen MR) is 44.7 cm³/mol. The van der Waals surface area contributed by atoms with E-state index < -0.39 is 0 Å². The van der Waals surface area contributed by atoms with Crippen molar-refractivity contribution in [3.8, 4) is 0 Å². The van der Waals surface area contributed by atoms with Crippen molar-refractivity contribution in [3.63, 3.8) is 0 Å². The van der Waals surface area contributed by atoms with Gasteiger partial charge < -0.3 is 9.64 Å². The Hall–Kier alpha value is -0.570. The third-order valence-corrected chi connectivity index (χ3v) is 2.48. The van der Waals surface area contributed by atoms with Crippen molar-refractivity contribution >= 4 is 5.91 Å². The van der Waals surface area contributed by atoms with Crippen molar-refractivity contribution in [2.75, 3.05) is 19.7 Å². The molecule has 1 aliphatic heterocycles. The van der Waals surface area contributed by atoms with E-state index in [1.807, 2.05) is 11.8 Å². The highest BCUT2D eigenvalue weighted by molar-refractivity contribution is 5.81. The molecular formula is C9H15NO2. The lowest BCUT2D eigenvalue weighted by Crippen LogP contribution is -2.45. The second-order valence-electron chi connectivity index (χ2n) is 3.74. The van der Waals surface area contributed by atoms with E-state index in [9.17, 15) is 4.79 Å². The standard InChI is InChI=1S/C9H15NO2/c1-7-6-10(4-5-12-7)9(11)8-2-3-8/h7-8H,2-6H2,1H3/t7-/m1/s1. The van der Waals surface area contributed by atoms with Gasteiger partial charge in [-0.3, -0.25) is 4.79 Å². The van der Waals surface area contributed by atoms with Crippen LogP contribution >= 0.6 is 0 Å². The molecule has 2 rings (SSSR count). The van der Waals surface area contributed by atoms with Crippen LogP contribution < -0.4 is 0 Å². The minimum atomic E-state index is 0.224. The van der Waals surface area contributed by atoms with Crippen molar-refractivity contribution < 1.29 is 9.53 Å². The van der Waals surface area contributed by atoms with Crippen molar-refractivity contribution in [2.45, 2.75) is 25.9 Å². The van der Waals surface area contributed by atoms with E-state index in [-0.39, 0.29) is 6.10 Å². The SMILES string of the molecule is C[C@@H]1CN(C(=O)C2CC2)CCO1. The van der Waals surface area contributed by atoms with Gasteiger partial charge in [0.1, 0.15) is 0 Å². The van der Waals surface area contributed by atoms with Gasteiger partial charge in [-0.15, -0.1) is 0 Å². The lowest BCUT2D eigenvalue weighted by molar-refractivity contribution is -0.139. The van der Waals surface area contributed by atoms with Gasteiger partial charge in [-0.2, -0.15) is 0 Å². The Morgan fingerprint density at radius 3 is 2.83 bits per heavy atom. The first-order chi connectivity index (χ1) is 5.77. The lowest BCUT2D eigenvalue weighted by atomic mass is 10.2. The maximum absolute atomic E-state index is 11.6. The zero-order chi connectivity index (χ0) is 8.55. The number of hydrogen-bond donors (Lipinski definition) is 0. The van der Waals surface area contributed by atoms with E-state index in [2.05, 4.69) is 0 Å². The van der Waals surface area contributed by atoms with Crippen LogP contribution in [0.5, 0.6) is 0 Å². The molecule has 0 aromatic carbocycles. The Morgan fingerprint density at radius 1 is 1.50 bits per heavy atom. The minimum Gasteiger partial charge on any atom is -0.375 e. The smallest absolute Gasteiger partial charge is 0.225 e. The summed E-state index contributed by atoms with van der Waals surface area (Å²) in [5.41, 5.74) is 0. The van der Waals surface area contributed by atoms with Gasteiger partial charge in [0.15, 0.2) is 0 Å². The molecule has 3 nitrogen and oxygen atoms in total. The maximum atomic E-state index is 11.6. The third kappa shape index (κ3) is 1.61. The molecule has 0 bridgehead atoms. The fourth-order valence-corrected chi connectivity index (χ4v) is 1.61. The molecule has 12 heavy (non-hydrogen) atoms. The normalized spacial score (nSPS) is 30.4. The van der Waals surface area contributed by atoms with Crippen LogP contribution in [0.3, 0.4) is 0 Å². The van der Waals surface area contributed by atoms with Gasteiger partial charge in [0.05, 0.1) is 12.7 Å². The Morgan fingerprint density at radius 2 is 2.25 bits per heavy atom. The minimum absolute atomic E-state index is 0.224. The summed E-state index contributed by atoms with van der Waals surface area (Å²) < 4.78 is 5.36. The molecule has 1 atom stereocenters. The predicted octanol–water partition coefficient (Wildman–Crippen LogP) is 0.644. The van der Waals surface area contributed by atoms with Gasteiger partial charge in [-0.05, 0) is 19.8 Å². The highest BCUT2D eigenvalue weighted by Gasteiger charge is 2.34. The third-order valence-electron chi connectivity index (χ3n) is 2.48. The van der Waals surface area contributed by atoms with Crippen LogP contribution in [-0.2, 0) is 9.53 Å². The summed E-state index contributed by atoms with van der Waals surface area (Å²) in [6, 6.07) is 0. The summed E-state index contributed by atoms with van der Waals surface area (Å²) in [5.74, 6) is 0.709. The molecule has 1 saturated heterocycles. The van der Waals surface area contributed by atoms with E-state index >= 15 is 0 Å². The fourth-order valence-electron chi connectivity index (χ4n) is 1.61.